The van der Waals surface area contributed by atoms with Gasteiger partial charge in [-0.15, -0.1) is 0 Å². The van der Waals surface area contributed by atoms with Crippen LogP contribution in [0, 0.1) is 11.3 Å². The van der Waals surface area contributed by atoms with Crippen LogP contribution in [0.2, 0.25) is 0 Å². The number of carboxylic acids is 1. The maximum Gasteiger partial charge on any atom is 0.310 e. The van der Waals surface area contributed by atoms with Crippen molar-refractivity contribution < 1.29 is 14.7 Å². The summed E-state index contributed by atoms with van der Waals surface area (Å²) in [7, 11) is 0. The molecule has 1 aliphatic carbocycles. The molecule has 1 fully saturated rings. The standard InChI is InChI=1S/C22H27N5O3/c1-22(2,21(29)30)13-26-9-7-17-19(23-14-24-20(17)26)16-11-25-27(12-16)18(8-10-28)15-5-3-4-6-15/h7,9-12,14-15,18H,3-6,8,13H2,1-2H3,(H,29,30). The molecule has 0 saturated heterocycles. The van der Waals surface area contributed by atoms with Crippen LogP contribution in [0.5, 0.6) is 0 Å². The van der Waals surface area contributed by atoms with E-state index in [0.29, 0.717) is 24.5 Å². The number of aliphatic carboxylic acids is 1. The van der Waals surface area contributed by atoms with Crippen molar-refractivity contribution in [3.63, 3.8) is 0 Å². The van der Waals surface area contributed by atoms with E-state index < -0.39 is 11.4 Å². The van der Waals surface area contributed by atoms with E-state index in [2.05, 4.69) is 15.1 Å². The summed E-state index contributed by atoms with van der Waals surface area (Å²) >= 11 is 0. The lowest BCUT2D eigenvalue weighted by Crippen LogP contribution is -2.28. The first kappa shape index (κ1) is 20.3. The summed E-state index contributed by atoms with van der Waals surface area (Å²) in [5.41, 5.74) is 1.41. The number of carbonyl (C=O) groups excluding carboxylic acids is 1. The molecule has 1 unspecified atom stereocenters. The van der Waals surface area contributed by atoms with Crippen molar-refractivity contribution in [1.29, 1.82) is 0 Å². The molecule has 0 radical (unpaired) electrons. The Bertz CT molecular complexity index is 1060. The zero-order valence-corrected chi connectivity index (χ0v) is 17.4. The van der Waals surface area contributed by atoms with Gasteiger partial charge in [-0.2, -0.15) is 5.10 Å². The van der Waals surface area contributed by atoms with E-state index in [-0.39, 0.29) is 6.04 Å². The zero-order chi connectivity index (χ0) is 21.3. The molecular formula is C22H27N5O3. The summed E-state index contributed by atoms with van der Waals surface area (Å²) in [5.74, 6) is -0.374. The maximum atomic E-state index is 11.5. The second kappa shape index (κ2) is 8.01. The van der Waals surface area contributed by atoms with Crippen molar-refractivity contribution in [1.82, 2.24) is 24.3 Å². The predicted molar refractivity (Wildman–Crippen MR) is 112 cm³/mol. The van der Waals surface area contributed by atoms with Gasteiger partial charge in [0.15, 0.2) is 0 Å². The lowest BCUT2D eigenvalue weighted by Gasteiger charge is -2.21. The van der Waals surface area contributed by atoms with Gasteiger partial charge in [-0.05, 0) is 38.7 Å². The monoisotopic (exact) mass is 409 g/mol. The Morgan fingerprint density at radius 2 is 2.10 bits per heavy atom. The van der Waals surface area contributed by atoms with Gasteiger partial charge >= 0.3 is 5.97 Å². The number of nitrogens with zero attached hydrogens (tertiary/aromatic N) is 5. The summed E-state index contributed by atoms with van der Waals surface area (Å²) in [5, 5.41) is 14.9. The third-order valence-electron chi connectivity index (χ3n) is 6.20. The Morgan fingerprint density at radius 1 is 1.33 bits per heavy atom. The van der Waals surface area contributed by atoms with E-state index in [1.165, 1.54) is 19.2 Å². The number of carboxylic acid groups (broad SMARTS) is 1. The Morgan fingerprint density at radius 3 is 2.80 bits per heavy atom. The lowest BCUT2D eigenvalue weighted by atomic mass is 9.94. The second-order valence-electron chi connectivity index (χ2n) is 8.82. The summed E-state index contributed by atoms with van der Waals surface area (Å²) in [6.07, 6.45) is 13.2. The average Bonchev–Trinajstić information content (AvgIpc) is 3.47. The summed E-state index contributed by atoms with van der Waals surface area (Å²) in [6.45, 7) is 3.71. The molecule has 1 saturated carbocycles. The molecule has 1 aliphatic rings. The molecular weight excluding hydrogens is 382 g/mol. The summed E-state index contributed by atoms with van der Waals surface area (Å²) < 4.78 is 3.77. The van der Waals surface area contributed by atoms with Crippen LogP contribution in [0.25, 0.3) is 22.3 Å². The molecule has 1 N–H and O–H groups in total. The van der Waals surface area contributed by atoms with Crippen LogP contribution < -0.4 is 0 Å². The van der Waals surface area contributed by atoms with E-state index in [9.17, 15) is 14.7 Å². The van der Waals surface area contributed by atoms with E-state index in [1.54, 1.807) is 20.0 Å². The second-order valence-corrected chi connectivity index (χ2v) is 8.82. The highest BCUT2D eigenvalue weighted by molar-refractivity contribution is 5.90. The van der Waals surface area contributed by atoms with Crippen LogP contribution in [-0.4, -0.2) is 41.7 Å². The van der Waals surface area contributed by atoms with Gasteiger partial charge in [-0.3, -0.25) is 9.48 Å². The van der Waals surface area contributed by atoms with Crippen molar-refractivity contribution >= 4 is 23.3 Å². The topological polar surface area (TPSA) is 103 Å². The van der Waals surface area contributed by atoms with Crippen molar-refractivity contribution in [3.8, 4) is 11.3 Å². The fourth-order valence-corrected chi connectivity index (χ4v) is 4.45. The number of carbonyl (C=O) groups is 2. The quantitative estimate of drug-likeness (QED) is 0.569. The normalized spacial score (nSPS) is 16.2. The van der Waals surface area contributed by atoms with E-state index in [1.807, 2.05) is 27.7 Å². The minimum Gasteiger partial charge on any atom is -0.481 e. The Balaban J connectivity index is 1.67. The number of rotatable bonds is 8. The average molecular weight is 409 g/mol. The summed E-state index contributed by atoms with van der Waals surface area (Å²) in [6, 6.07) is 2.00. The molecule has 8 nitrogen and oxygen atoms in total. The first-order chi connectivity index (χ1) is 14.4. The first-order valence-electron chi connectivity index (χ1n) is 10.4. The minimum atomic E-state index is -0.911. The van der Waals surface area contributed by atoms with E-state index >= 15 is 0 Å². The number of aldehydes is 1. The number of aromatic nitrogens is 5. The summed E-state index contributed by atoms with van der Waals surface area (Å²) in [4.78, 5) is 31.6. The van der Waals surface area contributed by atoms with Crippen molar-refractivity contribution in [2.45, 2.75) is 58.5 Å². The molecule has 0 aliphatic heterocycles. The third-order valence-corrected chi connectivity index (χ3v) is 6.20. The van der Waals surface area contributed by atoms with Crippen molar-refractivity contribution in [2.75, 3.05) is 0 Å². The van der Waals surface area contributed by atoms with Crippen LogP contribution in [0.15, 0.2) is 31.0 Å². The number of hydrogen-bond donors (Lipinski definition) is 1. The van der Waals surface area contributed by atoms with Gasteiger partial charge < -0.3 is 14.5 Å². The molecule has 0 spiro atoms. The zero-order valence-electron chi connectivity index (χ0n) is 17.4. The lowest BCUT2D eigenvalue weighted by molar-refractivity contribution is -0.147. The number of fused-ring (bicyclic) bond motifs is 1. The Hall–Kier alpha value is -3.03. The van der Waals surface area contributed by atoms with E-state index in [4.69, 9.17) is 0 Å². The number of hydrogen-bond acceptors (Lipinski definition) is 5. The third kappa shape index (κ3) is 3.74. The van der Waals surface area contributed by atoms with Crippen LogP contribution in [0.1, 0.15) is 52.0 Å². The van der Waals surface area contributed by atoms with Crippen LogP contribution in [-0.2, 0) is 16.1 Å². The smallest absolute Gasteiger partial charge is 0.310 e. The van der Waals surface area contributed by atoms with Crippen molar-refractivity contribution in [2.24, 2.45) is 11.3 Å². The molecule has 3 aromatic heterocycles. The minimum absolute atomic E-state index is 0.0806. The fourth-order valence-electron chi connectivity index (χ4n) is 4.45. The molecule has 1 atom stereocenters. The van der Waals surface area contributed by atoms with Gasteiger partial charge in [0.1, 0.15) is 18.3 Å². The molecule has 158 valence electrons. The largest absolute Gasteiger partial charge is 0.481 e. The highest BCUT2D eigenvalue weighted by atomic mass is 16.4. The molecule has 30 heavy (non-hydrogen) atoms. The predicted octanol–water partition coefficient (Wildman–Crippen LogP) is 3.73. The van der Waals surface area contributed by atoms with E-state index in [0.717, 1.165) is 35.8 Å². The van der Waals surface area contributed by atoms with Crippen molar-refractivity contribution in [3.05, 3.63) is 31.0 Å². The molecule has 3 heterocycles. The molecule has 3 aromatic rings. The molecule has 0 bridgehead atoms. The van der Waals surface area contributed by atoms with Crippen LogP contribution >= 0.6 is 0 Å². The van der Waals surface area contributed by atoms with Crippen LogP contribution in [0.3, 0.4) is 0 Å². The van der Waals surface area contributed by atoms with Gasteiger partial charge in [-0.25, -0.2) is 9.97 Å². The molecule has 4 rings (SSSR count). The van der Waals surface area contributed by atoms with Crippen LogP contribution in [0.4, 0.5) is 0 Å². The molecule has 8 heteroatoms. The highest BCUT2D eigenvalue weighted by Crippen LogP contribution is 2.36. The van der Waals surface area contributed by atoms with Gasteiger partial charge in [0.25, 0.3) is 0 Å². The first-order valence-corrected chi connectivity index (χ1v) is 10.4. The highest BCUT2D eigenvalue weighted by Gasteiger charge is 2.29. The van der Waals surface area contributed by atoms with Gasteiger partial charge in [0, 0.05) is 36.3 Å². The van der Waals surface area contributed by atoms with Gasteiger partial charge in [-0.1, -0.05) is 12.8 Å². The molecule has 0 aromatic carbocycles. The SMILES string of the molecule is CC(C)(Cn1ccc2c(-c3cnn(C(CC=O)C4CCCC4)c3)ncnc21)C(=O)O. The fraction of sp³-hybridized carbons (Fsp3) is 0.500. The van der Waals surface area contributed by atoms with Gasteiger partial charge in [0.2, 0.25) is 0 Å². The maximum absolute atomic E-state index is 11.5. The Kier molecular flexibility index (Phi) is 5.40. The molecule has 0 amide bonds. The van der Waals surface area contributed by atoms with Gasteiger partial charge in [0.05, 0.1) is 23.3 Å². The Labute approximate surface area is 174 Å².